The maximum atomic E-state index is 4.61. The summed E-state index contributed by atoms with van der Waals surface area (Å²) in [5.41, 5.74) is 0.325. The zero-order chi connectivity index (χ0) is 17.7. The average Bonchev–Trinajstić information content (AvgIpc) is 2.66. The molecule has 3 aliphatic heterocycles. The fourth-order valence-electron chi connectivity index (χ4n) is 4.80. The van der Waals surface area contributed by atoms with Gasteiger partial charge in [0.05, 0.1) is 0 Å². The molecule has 0 aromatic heterocycles. The first-order valence-corrected chi connectivity index (χ1v) is 10.5. The number of guanidine groups is 1. The van der Waals surface area contributed by atoms with Crippen LogP contribution in [0.4, 0.5) is 0 Å². The Balaban J connectivity index is 1.63. The Bertz CT molecular complexity index is 427. The maximum Gasteiger partial charge on any atom is 0.193 e. The highest BCUT2D eigenvalue weighted by molar-refractivity contribution is 5.80. The summed E-state index contributed by atoms with van der Waals surface area (Å²) in [6, 6.07) is 0. The van der Waals surface area contributed by atoms with Crippen LogP contribution in [0.2, 0.25) is 0 Å². The van der Waals surface area contributed by atoms with Crippen molar-refractivity contribution in [3.05, 3.63) is 0 Å². The first-order valence-electron chi connectivity index (χ1n) is 10.5. The minimum absolute atomic E-state index is 0.325. The van der Waals surface area contributed by atoms with Gasteiger partial charge in [-0.2, -0.15) is 0 Å². The van der Waals surface area contributed by atoms with Crippen molar-refractivity contribution >= 4 is 5.96 Å². The molecule has 0 spiro atoms. The summed E-state index contributed by atoms with van der Waals surface area (Å²) in [4.78, 5) is 12.4. The van der Waals surface area contributed by atoms with E-state index in [2.05, 4.69) is 39.0 Å². The molecule has 144 valence electrons. The average molecular weight is 350 g/mol. The van der Waals surface area contributed by atoms with Crippen LogP contribution in [-0.2, 0) is 0 Å². The van der Waals surface area contributed by atoms with Crippen molar-refractivity contribution in [3.8, 4) is 0 Å². The molecular formula is C20H39N5. The molecule has 3 heterocycles. The number of likely N-dealkylation sites (tertiary alicyclic amines) is 3. The third-order valence-electron chi connectivity index (χ3n) is 6.82. The minimum Gasteiger partial charge on any atom is -0.354 e. The van der Waals surface area contributed by atoms with Crippen LogP contribution in [0, 0.1) is 5.92 Å². The van der Waals surface area contributed by atoms with Crippen LogP contribution in [0.25, 0.3) is 0 Å². The van der Waals surface area contributed by atoms with Gasteiger partial charge in [0.1, 0.15) is 0 Å². The van der Waals surface area contributed by atoms with E-state index in [-0.39, 0.29) is 0 Å². The lowest BCUT2D eigenvalue weighted by molar-refractivity contribution is 0.0168. The molecule has 0 radical (unpaired) electrons. The zero-order valence-electron chi connectivity index (χ0n) is 16.8. The molecule has 3 aliphatic rings. The summed E-state index contributed by atoms with van der Waals surface area (Å²) in [6.45, 7) is 10.7. The van der Waals surface area contributed by atoms with E-state index in [0.717, 1.165) is 31.5 Å². The first kappa shape index (κ1) is 19.0. The molecule has 1 N–H and O–H groups in total. The molecule has 3 rings (SSSR count). The van der Waals surface area contributed by atoms with Crippen molar-refractivity contribution in [1.82, 2.24) is 20.0 Å². The van der Waals surface area contributed by atoms with E-state index in [0.29, 0.717) is 5.54 Å². The Morgan fingerprint density at radius 2 is 1.64 bits per heavy atom. The first-order chi connectivity index (χ1) is 12.1. The molecule has 0 atom stereocenters. The summed E-state index contributed by atoms with van der Waals surface area (Å²) in [6.07, 6.45) is 9.31. The van der Waals surface area contributed by atoms with Gasteiger partial charge in [-0.1, -0.05) is 13.3 Å². The molecule has 5 heteroatoms. The number of nitrogens with one attached hydrogen (secondary N) is 1. The number of piperidine rings is 3. The molecule has 3 fully saturated rings. The van der Waals surface area contributed by atoms with Crippen LogP contribution in [0.3, 0.4) is 0 Å². The molecule has 5 nitrogen and oxygen atoms in total. The molecule has 0 aliphatic carbocycles. The molecule has 0 aromatic rings. The van der Waals surface area contributed by atoms with Gasteiger partial charge in [0.15, 0.2) is 5.96 Å². The highest BCUT2D eigenvalue weighted by Crippen LogP contribution is 2.31. The maximum absolute atomic E-state index is 4.61. The summed E-state index contributed by atoms with van der Waals surface area (Å²) in [7, 11) is 4.21. The van der Waals surface area contributed by atoms with Gasteiger partial charge < -0.3 is 15.1 Å². The van der Waals surface area contributed by atoms with E-state index in [1.54, 1.807) is 0 Å². The van der Waals surface area contributed by atoms with Crippen LogP contribution in [-0.4, -0.2) is 86.1 Å². The van der Waals surface area contributed by atoms with Crippen molar-refractivity contribution < 1.29 is 0 Å². The molecular weight excluding hydrogens is 310 g/mol. The molecule has 0 aromatic carbocycles. The van der Waals surface area contributed by atoms with Crippen molar-refractivity contribution in [3.63, 3.8) is 0 Å². The van der Waals surface area contributed by atoms with Crippen LogP contribution in [0.15, 0.2) is 4.99 Å². The van der Waals surface area contributed by atoms with Crippen LogP contribution < -0.4 is 5.32 Å². The van der Waals surface area contributed by atoms with Gasteiger partial charge in [-0.25, -0.2) is 0 Å². The van der Waals surface area contributed by atoms with E-state index < -0.39 is 0 Å². The van der Waals surface area contributed by atoms with Gasteiger partial charge in [-0.3, -0.25) is 9.89 Å². The zero-order valence-corrected chi connectivity index (χ0v) is 16.8. The van der Waals surface area contributed by atoms with Crippen molar-refractivity contribution in [2.75, 3.05) is 59.9 Å². The number of hydrogen-bond acceptors (Lipinski definition) is 3. The highest BCUT2D eigenvalue weighted by Gasteiger charge is 2.39. The van der Waals surface area contributed by atoms with Gasteiger partial charge in [0.2, 0.25) is 0 Å². The number of rotatable bonds is 3. The minimum atomic E-state index is 0.325. The Labute approximate surface area is 154 Å². The second-order valence-electron chi connectivity index (χ2n) is 8.65. The smallest absolute Gasteiger partial charge is 0.193 e. The normalized spacial score (nSPS) is 27.5. The third-order valence-corrected chi connectivity index (χ3v) is 6.82. The van der Waals surface area contributed by atoms with Crippen molar-refractivity contribution in [2.45, 2.75) is 57.4 Å². The quantitative estimate of drug-likeness (QED) is 0.626. The summed E-state index contributed by atoms with van der Waals surface area (Å²) < 4.78 is 0. The van der Waals surface area contributed by atoms with Crippen molar-refractivity contribution in [2.24, 2.45) is 10.9 Å². The number of hydrogen-bond donors (Lipinski definition) is 1. The lowest BCUT2D eigenvalue weighted by atomic mass is 9.84. The second kappa shape index (κ2) is 8.72. The van der Waals surface area contributed by atoms with Gasteiger partial charge in [0, 0.05) is 32.2 Å². The second-order valence-corrected chi connectivity index (χ2v) is 8.65. The van der Waals surface area contributed by atoms with Gasteiger partial charge in [-0.05, 0) is 77.7 Å². The van der Waals surface area contributed by atoms with E-state index in [1.165, 1.54) is 71.1 Å². The van der Waals surface area contributed by atoms with Gasteiger partial charge in [-0.15, -0.1) is 0 Å². The number of nitrogens with zero attached hydrogens (tertiary/aromatic N) is 4. The highest BCUT2D eigenvalue weighted by atomic mass is 15.3. The standard InChI is InChI=1S/C20H39N5/c1-18-7-13-24(14-8-18)19(21-2)22-17-20(9-15-23(3)16-10-20)25-11-5-4-6-12-25/h18H,4-17H2,1-3H3,(H,21,22). The Hall–Kier alpha value is -0.810. The van der Waals surface area contributed by atoms with E-state index in [9.17, 15) is 0 Å². The molecule has 0 saturated carbocycles. The fraction of sp³-hybridized carbons (Fsp3) is 0.950. The summed E-state index contributed by atoms with van der Waals surface area (Å²) >= 11 is 0. The summed E-state index contributed by atoms with van der Waals surface area (Å²) in [5.74, 6) is 1.99. The summed E-state index contributed by atoms with van der Waals surface area (Å²) in [5, 5.41) is 3.79. The largest absolute Gasteiger partial charge is 0.354 e. The predicted molar refractivity (Wildman–Crippen MR) is 106 cm³/mol. The van der Waals surface area contributed by atoms with E-state index >= 15 is 0 Å². The van der Waals surface area contributed by atoms with Crippen LogP contribution >= 0.6 is 0 Å². The van der Waals surface area contributed by atoms with Crippen LogP contribution in [0.1, 0.15) is 51.9 Å². The van der Waals surface area contributed by atoms with Gasteiger partial charge in [0.25, 0.3) is 0 Å². The number of aliphatic imine (C=N–C) groups is 1. The van der Waals surface area contributed by atoms with Crippen LogP contribution in [0.5, 0.6) is 0 Å². The SMILES string of the molecule is CN=C(NCC1(N2CCCCC2)CCN(C)CC1)N1CCC(C)CC1. The Morgan fingerprint density at radius 1 is 1.00 bits per heavy atom. The van der Waals surface area contributed by atoms with E-state index in [4.69, 9.17) is 0 Å². The third kappa shape index (κ3) is 4.68. The fourth-order valence-corrected chi connectivity index (χ4v) is 4.80. The monoisotopic (exact) mass is 349 g/mol. The molecule has 0 amide bonds. The predicted octanol–water partition coefficient (Wildman–Crippen LogP) is 2.24. The molecule has 0 bridgehead atoms. The van der Waals surface area contributed by atoms with E-state index in [1.807, 2.05) is 7.05 Å². The Morgan fingerprint density at radius 3 is 2.24 bits per heavy atom. The Kier molecular flexibility index (Phi) is 6.61. The van der Waals surface area contributed by atoms with Crippen molar-refractivity contribution in [1.29, 1.82) is 0 Å². The lowest BCUT2D eigenvalue weighted by Crippen LogP contribution is -2.62. The van der Waals surface area contributed by atoms with Gasteiger partial charge >= 0.3 is 0 Å². The molecule has 0 unspecified atom stereocenters. The molecule has 3 saturated heterocycles. The lowest BCUT2D eigenvalue weighted by Gasteiger charge is -2.50. The topological polar surface area (TPSA) is 34.1 Å². The molecule has 25 heavy (non-hydrogen) atoms.